The number of aromatic nitrogens is 1. The second-order valence-corrected chi connectivity index (χ2v) is 5.86. The van der Waals surface area contributed by atoms with Gasteiger partial charge in [-0.15, -0.1) is 0 Å². The van der Waals surface area contributed by atoms with Crippen LogP contribution in [0.2, 0.25) is 0 Å². The average molecular weight is 311 g/mol. The van der Waals surface area contributed by atoms with Gasteiger partial charge >= 0.3 is 0 Å². The van der Waals surface area contributed by atoms with Crippen LogP contribution in [0.3, 0.4) is 0 Å². The van der Waals surface area contributed by atoms with Crippen molar-refractivity contribution in [1.29, 1.82) is 0 Å². The van der Waals surface area contributed by atoms with Crippen LogP contribution in [0.4, 0.5) is 5.69 Å². The number of anilines is 1. The van der Waals surface area contributed by atoms with E-state index in [1.165, 1.54) is 12.3 Å². The number of carbonyl (C=O) groups excluding carboxylic acids is 2. The molecule has 23 heavy (non-hydrogen) atoms. The lowest BCUT2D eigenvalue weighted by Gasteiger charge is -2.09. The molecule has 1 aromatic carbocycles. The van der Waals surface area contributed by atoms with Gasteiger partial charge in [0.2, 0.25) is 0 Å². The zero-order valence-electron chi connectivity index (χ0n) is 13.6. The molecule has 0 saturated carbocycles. The SMILES string of the molecule is Cc1cccc(NC(=O)c2ccnc(C(=O)NCC(C)C)c2)c1. The number of aryl methyl sites for hydroxylation is 1. The Balaban J connectivity index is 2.09. The first kappa shape index (κ1) is 16.7. The quantitative estimate of drug-likeness (QED) is 0.891. The third-order valence-electron chi connectivity index (χ3n) is 3.20. The molecule has 5 nitrogen and oxygen atoms in total. The number of carbonyl (C=O) groups is 2. The van der Waals surface area contributed by atoms with Crippen molar-refractivity contribution in [1.82, 2.24) is 10.3 Å². The van der Waals surface area contributed by atoms with E-state index in [2.05, 4.69) is 15.6 Å². The standard InChI is InChI=1S/C18H21N3O2/c1-12(2)11-20-18(23)16-10-14(7-8-19-16)17(22)21-15-6-4-5-13(3)9-15/h4-10,12H,11H2,1-3H3,(H,20,23)(H,21,22). The Labute approximate surface area is 136 Å². The molecule has 0 aliphatic heterocycles. The minimum absolute atomic E-state index is 0.238. The fourth-order valence-corrected chi connectivity index (χ4v) is 2.01. The van der Waals surface area contributed by atoms with Gasteiger partial charge in [0.25, 0.3) is 11.8 Å². The molecule has 120 valence electrons. The normalized spacial score (nSPS) is 10.4. The largest absolute Gasteiger partial charge is 0.350 e. The van der Waals surface area contributed by atoms with Crippen molar-refractivity contribution in [2.24, 2.45) is 5.92 Å². The molecule has 0 atom stereocenters. The maximum absolute atomic E-state index is 12.3. The van der Waals surface area contributed by atoms with E-state index in [1.807, 2.05) is 45.0 Å². The second-order valence-electron chi connectivity index (χ2n) is 5.86. The van der Waals surface area contributed by atoms with E-state index in [-0.39, 0.29) is 17.5 Å². The highest BCUT2D eigenvalue weighted by atomic mass is 16.2. The molecule has 2 amide bonds. The first-order valence-corrected chi connectivity index (χ1v) is 7.58. The predicted octanol–water partition coefficient (Wildman–Crippen LogP) is 3.03. The molecular weight excluding hydrogens is 290 g/mol. The van der Waals surface area contributed by atoms with Crippen LogP contribution in [-0.2, 0) is 0 Å². The zero-order valence-corrected chi connectivity index (χ0v) is 13.6. The minimum Gasteiger partial charge on any atom is -0.350 e. The van der Waals surface area contributed by atoms with Crippen LogP contribution in [0.1, 0.15) is 40.3 Å². The van der Waals surface area contributed by atoms with Crippen molar-refractivity contribution < 1.29 is 9.59 Å². The molecule has 5 heteroatoms. The van der Waals surface area contributed by atoms with Crippen molar-refractivity contribution >= 4 is 17.5 Å². The summed E-state index contributed by atoms with van der Waals surface area (Å²) in [6, 6.07) is 10.6. The van der Waals surface area contributed by atoms with Crippen LogP contribution < -0.4 is 10.6 Å². The smallest absolute Gasteiger partial charge is 0.269 e. The number of nitrogens with one attached hydrogen (secondary N) is 2. The molecule has 1 heterocycles. The second kappa shape index (κ2) is 7.54. The first-order valence-electron chi connectivity index (χ1n) is 7.58. The summed E-state index contributed by atoms with van der Waals surface area (Å²) in [5.41, 5.74) is 2.42. The Morgan fingerprint density at radius 3 is 2.61 bits per heavy atom. The highest BCUT2D eigenvalue weighted by molar-refractivity contribution is 6.05. The summed E-state index contributed by atoms with van der Waals surface area (Å²) < 4.78 is 0. The minimum atomic E-state index is -0.274. The van der Waals surface area contributed by atoms with Gasteiger partial charge in [-0.05, 0) is 42.7 Å². The number of pyridine rings is 1. The Hall–Kier alpha value is -2.69. The summed E-state index contributed by atoms with van der Waals surface area (Å²) in [7, 11) is 0. The van der Waals surface area contributed by atoms with Gasteiger partial charge in [0.15, 0.2) is 0 Å². The van der Waals surface area contributed by atoms with E-state index < -0.39 is 0 Å². The third kappa shape index (κ3) is 4.92. The summed E-state index contributed by atoms with van der Waals surface area (Å²) in [6.45, 7) is 6.55. The Bertz CT molecular complexity index is 711. The van der Waals surface area contributed by atoms with Crippen LogP contribution in [0.5, 0.6) is 0 Å². The summed E-state index contributed by atoms with van der Waals surface area (Å²) in [5, 5.41) is 5.61. The maximum atomic E-state index is 12.3. The van der Waals surface area contributed by atoms with Crippen molar-refractivity contribution in [3.05, 3.63) is 59.4 Å². The van der Waals surface area contributed by atoms with E-state index >= 15 is 0 Å². The molecule has 2 rings (SSSR count). The number of nitrogens with zero attached hydrogens (tertiary/aromatic N) is 1. The number of amides is 2. The molecule has 0 aliphatic rings. The van der Waals surface area contributed by atoms with Gasteiger partial charge in [-0.1, -0.05) is 26.0 Å². The van der Waals surface area contributed by atoms with Gasteiger partial charge in [0, 0.05) is 24.0 Å². The van der Waals surface area contributed by atoms with Gasteiger partial charge in [0.1, 0.15) is 5.69 Å². The highest BCUT2D eigenvalue weighted by Crippen LogP contribution is 2.12. The fraction of sp³-hybridized carbons (Fsp3) is 0.278. The van der Waals surface area contributed by atoms with Crippen LogP contribution in [0.15, 0.2) is 42.6 Å². The molecule has 0 saturated heterocycles. The third-order valence-corrected chi connectivity index (χ3v) is 3.20. The van der Waals surface area contributed by atoms with Crippen molar-refractivity contribution in [2.45, 2.75) is 20.8 Å². The van der Waals surface area contributed by atoms with Crippen molar-refractivity contribution in [3.8, 4) is 0 Å². The van der Waals surface area contributed by atoms with Crippen LogP contribution >= 0.6 is 0 Å². The van der Waals surface area contributed by atoms with Gasteiger partial charge in [0.05, 0.1) is 0 Å². The molecule has 2 N–H and O–H groups in total. The lowest BCUT2D eigenvalue weighted by atomic mass is 10.1. The summed E-state index contributed by atoms with van der Waals surface area (Å²) in [5.74, 6) is -0.188. The molecule has 0 spiro atoms. The fourth-order valence-electron chi connectivity index (χ4n) is 2.01. The van der Waals surface area contributed by atoms with E-state index in [0.29, 0.717) is 18.0 Å². The van der Waals surface area contributed by atoms with Gasteiger partial charge < -0.3 is 10.6 Å². The molecular formula is C18H21N3O2. The zero-order chi connectivity index (χ0) is 16.8. The number of rotatable bonds is 5. The molecule has 0 unspecified atom stereocenters. The molecule has 0 fully saturated rings. The van der Waals surface area contributed by atoms with E-state index in [1.54, 1.807) is 6.07 Å². The van der Waals surface area contributed by atoms with Crippen LogP contribution in [0.25, 0.3) is 0 Å². The summed E-state index contributed by atoms with van der Waals surface area (Å²) in [4.78, 5) is 28.3. The summed E-state index contributed by atoms with van der Waals surface area (Å²) in [6.07, 6.45) is 1.47. The Morgan fingerprint density at radius 1 is 1.13 bits per heavy atom. The van der Waals surface area contributed by atoms with Crippen LogP contribution in [0, 0.1) is 12.8 Å². The molecule has 0 radical (unpaired) electrons. The van der Waals surface area contributed by atoms with Gasteiger partial charge in [-0.25, -0.2) is 0 Å². The Morgan fingerprint density at radius 2 is 1.91 bits per heavy atom. The number of hydrogen-bond donors (Lipinski definition) is 2. The monoisotopic (exact) mass is 311 g/mol. The van der Waals surface area contributed by atoms with E-state index in [9.17, 15) is 9.59 Å². The van der Waals surface area contributed by atoms with E-state index in [0.717, 1.165) is 11.3 Å². The summed E-state index contributed by atoms with van der Waals surface area (Å²) >= 11 is 0. The topological polar surface area (TPSA) is 71.1 Å². The van der Waals surface area contributed by atoms with Crippen molar-refractivity contribution in [3.63, 3.8) is 0 Å². The lowest BCUT2D eigenvalue weighted by molar-refractivity contribution is 0.0944. The predicted molar refractivity (Wildman–Crippen MR) is 90.5 cm³/mol. The average Bonchev–Trinajstić information content (AvgIpc) is 2.52. The molecule has 2 aromatic rings. The molecule has 0 bridgehead atoms. The van der Waals surface area contributed by atoms with Gasteiger partial charge in [-0.2, -0.15) is 0 Å². The van der Waals surface area contributed by atoms with Crippen LogP contribution in [-0.4, -0.2) is 23.3 Å². The van der Waals surface area contributed by atoms with Gasteiger partial charge in [-0.3, -0.25) is 14.6 Å². The lowest BCUT2D eigenvalue weighted by Crippen LogP contribution is -2.28. The van der Waals surface area contributed by atoms with Crippen molar-refractivity contribution in [2.75, 3.05) is 11.9 Å². The number of hydrogen-bond acceptors (Lipinski definition) is 3. The first-order chi connectivity index (χ1) is 11.0. The molecule has 0 aliphatic carbocycles. The van der Waals surface area contributed by atoms with E-state index in [4.69, 9.17) is 0 Å². The Kier molecular flexibility index (Phi) is 5.46. The highest BCUT2D eigenvalue weighted by Gasteiger charge is 2.12. The maximum Gasteiger partial charge on any atom is 0.269 e. The number of benzene rings is 1. The molecule has 1 aromatic heterocycles.